The third kappa shape index (κ3) is 3.51. The number of hydrogen-bond acceptors (Lipinski definition) is 2. The third-order valence-electron chi connectivity index (χ3n) is 3.80. The molecule has 3 N–H and O–H groups in total. The minimum absolute atomic E-state index is 0.177. The number of nitrogens with two attached hydrogens (primary N) is 1. The van der Waals surface area contributed by atoms with Gasteiger partial charge in [-0.15, -0.1) is 0 Å². The molecule has 2 nitrogen and oxygen atoms in total. The van der Waals surface area contributed by atoms with Crippen molar-refractivity contribution in [2.24, 2.45) is 11.8 Å². The van der Waals surface area contributed by atoms with Crippen LogP contribution in [0.3, 0.4) is 0 Å². The Balaban J connectivity index is 1.96. The Morgan fingerprint density at radius 1 is 1.18 bits per heavy atom. The summed E-state index contributed by atoms with van der Waals surface area (Å²) in [6.45, 7) is 0. The average Bonchev–Trinajstić information content (AvgIpc) is 2.39. The second-order valence-electron chi connectivity index (χ2n) is 5.00. The number of nitrogens with one attached hydrogen (secondary N) is 1. The lowest BCUT2D eigenvalue weighted by Crippen LogP contribution is -2.43. The van der Waals surface area contributed by atoms with E-state index in [1.165, 1.54) is 44.2 Å². The highest BCUT2D eigenvalue weighted by molar-refractivity contribution is 5.17. The number of halogens is 1. The summed E-state index contributed by atoms with van der Waals surface area (Å²) in [6.07, 6.45) is 7.39. The van der Waals surface area contributed by atoms with E-state index in [2.05, 4.69) is 5.43 Å². The topological polar surface area (TPSA) is 38.0 Å². The quantitative estimate of drug-likeness (QED) is 0.623. The van der Waals surface area contributed by atoms with Crippen LogP contribution >= 0.6 is 0 Å². The predicted molar refractivity (Wildman–Crippen MR) is 67.8 cm³/mol. The average molecular weight is 236 g/mol. The molecule has 0 saturated heterocycles. The van der Waals surface area contributed by atoms with Gasteiger partial charge in [0.15, 0.2) is 0 Å². The highest BCUT2D eigenvalue weighted by atomic mass is 19.1. The molecule has 2 rings (SSSR count). The molecular formula is C14H21FN2. The number of rotatable bonds is 4. The van der Waals surface area contributed by atoms with Gasteiger partial charge in [-0.3, -0.25) is 11.3 Å². The highest BCUT2D eigenvalue weighted by Gasteiger charge is 2.22. The largest absolute Gasteiger partial charge is 0.271 e. The lowest BCUT2D eigenvalue weighted by Gasteiger charge is -2.29. The zero-order chi connectivity index (χ0) is 12.1. The van der Waals surface area contributed by atoms with Gasteiger partial charge in [-0.25, -0.2) is 4.39 Å². The smallest absolute Gasteiger partial charge is 0.123 e. The molecule has 17 heavy (non-hydrogen) atoms. The van der Waals surface area contributed by atoms with Crippen molar-refractivity contribution in [1.29, 1.82) is 0 Å². The van der Waals surface area contributed by atoms with Gasteiger partial charge in [0.2, 0.25) is 0 Å². The first-order valence-corrected chi connectivity index (χ1v) is 6.50. The molecule has 3 heteroatoms. The predicted octanol–water partition coefficient (Wildman–Crippen LogP) is 2.78. The molecule has 0 bridgehead atoms. The maximum Gasteiger partial charge on any atom is 0.123 e. The normalized spacial score (nSPS) is 19.2. The molecule has 0 amide bonds. The molecule has 94 valence electrons. The van der Waals surface area contributed by atoms with Gasteiger partial charge in [0.05, 0.1) is 0 Å². The van der Waals surface area contributed by atoms with Crippen molar-refractivity contribution >= 4 is 0 Å². The first-order chi connectivity index (χ1) is 8.29. The molecule has 1 fully saturated rings. The zero-order valence-electron chi connectivity index (χ0n) is 10.2. The summed E-state index contributed by atoms with van der Waals surface area (Å²) < 4.78 is 12.8. The van der Waals surface area contributed by atoms with Crippen LogP contribution in [-0.4, -0.2) is 6.04 Å². The second-order valence-corrected chi connectivity index (χ2v) is 5.00. The minimum Gasteiger partial charge on any atom is -0.271 e. The van der Waals surface area contributed by atoms with Crippen molar-refractivity contribution in [1.82, 2.24) is 5.43 Å². The first kappa shape index (κ1) is 12.5. The summed E-state index contributed by atoms with van der Waals surface area (Å²) in [6, 6.07) is 7.05. The number of hydrazine groups is 1. The van der Waals surface area contributed by atoms with Crippen LogP contribution in [0.2, 0.25) is 0 Å². The molecule has 0 aliphatic heterocycles. The summed E-state index contributed by atoms with van der Waals surface area (Å²) >= 11 is 0. The number of hydrogen-bond donors (Lipinski definition) is 2. The van der Waals surface area contributed by atoms with E-state index in [-0.39, 0.29) is 5.82 Å². The van der Waals surface area contributed by atoms with Gasteiger partial charge in [0.1, 0.15) is 5.82 Å². The van der Waals surface area contributed by atoms with Gasteiger partial charge in [-0.05, 0) is 42.9 Å². The molecule has 0 heterocycles. The Morgan fingerprint density at radius 3 is 2.41 bits per heavy atom. The van der Waals surface area contributed by atoms with Gasteiger partial charge >= 0.3 is 0 Å². The Bertz CT molecular complexity index is 331. The summed E-state index contributed by atoms with van der Waals surface area (Å²) in [4.78, 5) is 0. The molecule has 0 radical (unpaired) electrons. The van der Waals surface area contributed by atoms with Crippen LogP contribution in [-0.2, 0) is 6.42 Å². The van der Waals surface area contributed by atoms with Crippen molar-refractivity contribution in [3.63, 3.8) is 0 Å². The van der Waals surface area contributed by atoms with Crippen molar-refractivity contribution in [2.45, 2.75) is 44.6 Å². The molecule has 0 aromatic heterocycles. The SMILES string of the molecule is NNC(Cc1ccc(F)cc1)C1CCCCC1. The maximum absolute atomic E-state index is 12.8. The van der Waals surface area contributed by atoms with Crippen LogP contribution in [0, 0.1) is 11.7 Å². The van der Waals surface area contributed by atoms with E-state index in [1.54, 1.807) is 0 Å². The minimum atomic E-state index is -0.177. The fraction of sp³-hybridized carbons (Fsp3) is 0.571. The monoisotopic (exact) mass is 236 g/mol. The molecule has 1 aliphatic rings. The van der Waals surface area contributed by atoms with Gasteiger partial charge in [-0.2, -0.15) is 0 Å². The number of benzene rings is 1. The van der Waals surface area contributed by atoms with Crippen molar-refractivity contribution in [3.05, 3.63) is 35.6 Å². The molecule has 1 aliphatic carbocycles. The van der Waals surface area contributed by atoms with E-state index >= 15 is 0 Å². The molecule has 0 spiro atoms. The maximum atomic E-state index is 12.8. The van der Waals surface area contributed by atoms with Crippen LogP contribution in [0.5, 0.6) is 0 Å². The van der Waals surface area contributed by atoms with Gasteiger partial charge in [0, 0.05) is 6.04 Å². The van der Waals surface area contributed by atoms with Gasteiger partial charge in [0.25, 0.3) is 0 Å². The first-order valence-electron chi connectivity index (χ1n) is 6.50. The molecule has 1 saturated carbocycles. The summed E-state index contributed by atoms with van der Waals surface area (Å²) in [7, 11) is 0. The van der Waals surface area contributed by atoms with Gasteiger partial charge < -0.3 is 0 Å². The van der Waals surface area contributed by atoms with E-state index in [9.17, 15) is 4.39 Å². The van der Waals surface area contributed by atoms with Crippen LogP contribution in [0.15, 0.2) is 24.3 Å². The summed E-state index contributed by atoms with van der Waals surface area (Å²) in [5.41, 5.74) is 4.09. The van der Waals surface area contributed by atoms with Crippen molar-refractivity contribution < 1.29 is 4.39 Å². The molecule has 1 aromatic carbocycles. The third-order valence-corrected chi connectivity index (χ3v) is 3.80. The fourth-order valence-electron chi connectivity index (χ4n) is 2.77. The molecule has 1 unspecified atom stereocenters. The van der Waals surface area contributed by atoms with Crippen LogP contribution in [0.1, 0.15) is 37.7 Å². The van der Waals surface area contributed by atoms with Gasteiger partial charge in [-0.1, -0.05) is 31.4 Å². The second kappa shape index (κ2) is 6.12. The summed E-state index contributed by atoms with van der Waals surface area (Å²) in [5.74, 6) is 6.15. The van der Waals surface area contributed by atoms with Crippen LogP contribution in [0.25, 0.3) is 0 Å². The van der Waals surface area contributed by atoms with Crippen molar-refractivity contribution in [2.75, 3.05) is 0 Å². The Morgan fingerprint density at radius 2 is 1.82 bits per heavy atom. The highest BCUT2D eigenvalue weighted by Crippen LogP contribution is 2.27. The van der Waals surface area contributed by atoms with E-state index in [1.807, 2.05) is 12.1 Å². The van der Waals surface area contributed by atoms with E-state index in [4.69, 9.17) is 5.84 Å². The van der Waals surface area contributed by atoms with E-state index in [0.29, 0.717) is 12.0 Å². The van der Waals surface area contributed by atoms with E-state index in [0.717, 1.165) is 12.0 Å². The Hall–Kier alpha value is -0.930. The fourth-order valence-corrected chi connectivity index (χ4v) is 2.77. The van der Waals surface area contributed by atoms with Crippen LogP contribution < -0.4 is 11.3 Å². The standard InChI is InChI=1S/C14H21FN2/c15-13-8-6-11(7-9-13)10-14(17-16)12-4-2-1-3-5-12/h6-9,12,14,17H,1-5,10,16H2. The Labute approximate surface area is 102 Å². The van der Waals surface area contributed by atoms with Crippen LogP contribution in [0.4, 0.5) is 4.39 Å². The van der Waals surface area contributed by atoms with E-state index < -0.39 is 0 Å². The lowest BCUT2D eigenvalue weighted by molar-refractivity contribution is 0.268. The molecule has 1 atom stereocenters. The molecular weight excluding hydrogens is 215 g/mol. The lowest BCUT2D eigenvalue weighted by atomic mass is 9.82. The molecule has 1 aromatic rings. The zero-order valence-corrected chi connectivity index (χ0v) is 10.2. The Kier molecular flexibility index (Phi) is 4.51. The van der Waals surface area contributed by atoms with Crippen molar-refractivity contribution in [3.8, 4) is 0 Å². The summed E-state index contributed by atoms with van der Waals surface area (Å²) in [5, 5.41) is 0.